The summed E-state index contributed by atoms with van der Waals surface area (Å²) in [5.74, 6) is 0.0695. The first-order chi connectivity index (χ1) is 9.61. The van der Waals surface area contributed by atoms with Gasteiger partial charge in [0, 0.05) is 11.6 Å². The van der Waals surface area contributed by atoms with Crippen LogP contribution in [0.4, 0.5) is 0 Å². The van der Waals surface area contributed by atoms with Crippen LogP contribution in [-0.2, 0) is 4.74 Å². The molecule has 1 aliphatic rings. The summed E-state index contributed by atoms with van der Waals surface area (Å²) < 4.78 is 4.63. The van der Waals surface area contributed by atoms with E-state index in [1.165, 1.54) is 26.4 Å². The average Bonchev–Trinajstić information content (AvgIpc) is 2.49. The van der Waals surface area contributed by atoms with Gasteiger partial charge >= 0.3 is 5.97 Å². The summed E-state index contributed by atoms with van der Waals surface area (Å²) in [6.45, 7) is 2.18. The minimum Gasteiger partial charge on any atom is -0.465 e. The summed E-state index contributed by atoms with van der Waals surface area (Å²) in [5, 5.41) is 3.09. The molecule has 4 nitrogen and oxygen atoms in total. The second-order valence-corrected chi connectivity index (χ2v) is 5.41. The highest BCUT2D eigenvalue weighted by molar-refractivity contribution is 5.96. The van der Waals surface area contributed by atoms with E-state index in [2.05, 4.69) is 17.0 Å². The Kier molecular flexibility index (Phi) is 4.77. The number of methoxy groups -OCH3 is 1. The molecule has 2 atom stereocenters. The highest BCUT2D eigenvalue weighted by Gasteiger charge is 2.23. The van der Waals surface area contributed by atoms with Gasteiger partial charge in [-0.1, -0.05) is 19.8 Å². The zero-order chi connectivity index (χ0) is 14.5. The van der Waals surface area contributed by atoms with Crippen LogP contribution in [0.5, 0.6) is 0 Å². The molecular formula is C16H21NO3. The van der Waals surface area contributed by atoms with Crippen molar-refractivity contribution in [3.8, 4) is 0 Å². The van der Waals surface area contributed by atoms with Gasteiger partial charge in [-0.15, -0.1) is 0 Å². The molecule has 0 aromatic heterocycles. The zero-order valence-electron chi connectivity index (χ0n) is 12.0. The van der Waals surface area contributed by atoms with Gasteiger partial charge in [-0.3, -0.25) is 4.79 Å². The zero-order valence-corrected chi connectivity index (χ0v) is 12.0. The highest BCUT2D eigenvalue weighted by Crippen LogP contribution is 2.24. The molecule has 2 rings (SSSR count). The number of ether oxygens (including phenoxy) is 1. The summed E-state index contributed by atoms with van der Waals surface area (Å²) in [5.41, 5.74) is 1.03. The molecule has 1 saturated carbocycles. The van der Waals surface area contributed by atoms with Crippen molar-refractivity contribution in [3.05, 3.63) is 35.4 Å². The number of carbonyl (C=O) groups is 2. The number of nitrogens with one attached hydrogen (secondary N) is 1. The summed E-state index contributed by atoms with van der Waals surface area (Å²) in [7, 11) is 1.34. The van der Waals surface area contributed by atoms with Crippen molar-refractivity contribution in [2.45, 2.75) is 38.6 Å². The van der Waals surface area contributed by atoms with Gasteiger partial charge in [-0.05, 0) is 43.0 Å². The third-order valence-electron chi connectivity index (χ3n) is 4.00. The molecule has 1 fully saturated rings. The van der Waals surface area contributed by atoms with Crippen LogP contribution in [0, 0.1) is 5.92 Å². The van der Waals surface area contributed by atoms with Crippen LogP contribution in [-0.4, -0.2) is 25.0 Å². The van der Waals surface area contributed by atoms with Gasteiger partial charge in [0.2, 0.25) is 0 Å². The third kappa shape index (κ3) is 3.38. The summed E-state index contributed by atoms with van der Waals surface area (Å²) in [6.07, 6.45) is 4.65. The van der Waals surface area contributed by atoms with Gasteiger partial charge < -0.3 is 10.1 Å². The second-order valence-electron chi connectivity index (χ2n) is 5.41. The standard InChI is InChI=1S/C16H21NO3/c1-11-5-3-4-6-14(11)17-15(18)12-7-9-13(10-8-12)16(19)20-2/h7-11,14H,3-6H2,1-2H3,(H,17,18)/t11-,14-/m0/s1. The molecule has 4 heteroatoms. The van der Waals surface area contributed by atoms with E-state index >= 15 is 0 Å². The number of hydrogen-bond acceptors (Lipinski definition) is 3. The summed E-state index contributed by atoms with van der Waals surface area (Å²) in [6, 6.07) is 6.82. The first-order valence-electron chi connectivity index (χ1n) is 7.11. The van der Waals surface area contributed by atoms with Crippen LogP contribution in [0.3, 0.4) is 0 Å². The van der Waals surface area contributed by atoms with Gasteiger partial charge in [-0.25, -0.2) is 4.79 Å². The molecule has 0 bridgehead atoms. The monoisotopic (exact) mass is 275 g/mol. The Morgan fingerprint density at radius 3 is 2.30 bits per heavy atom. The normalized spacial score (nSPS) is 22.1. The van der Waals surface area contributed by atoms with Gasteiger partial charge in [0.1, 0.15) is 0 Å². The lowest BCUT2D eigenvalue weighted by Crippen LogP contribution is -2.41. The predicted molar refractivity (Wildman–Crippen MR) is 76.7 cm³/mol. The minimum absolute atomic E-state index is 0.0693. The fraction of sp³-hybridized carbons (Fsp3) is 0.500. The number of esters is 1. The number of amides is 1. The van der Waals surface area contributed by atoms with Crippen molar-refractivity contribution in [1.29, 1.82) is 0 Å². The molecule has 0 saturated heterocycles. The van der Waals surface area contributed by atoms with Crippen LogP contribution in [0.1, 0.15) is 53.3 Å². The van der Waals surface area contributed by atoms with Crippen LogP contribution >= 0.6 is 0 Å². The predicted octanol–water partition coefficient (Wildman–Crippen LogP) is 2.78. The largest absolute Gasteiger partial charge is 0.465 e. The number of rotatable bonds is 3. The maximum absolute atomic E-state index is 12.2. The average molecular weight is 275 g/mol. The molecule has 0 radical (unpaired) electrons. The SMILES string of the molecule is COC(=O)c1ccc(C(=O)N[C@H]2CCCC[C@@H]2C)cc1. The van der Waals surface area contributed by atoms with Gasteiger partial charge in [0.15, 0.2) is 0 Å². The van der Waals surface area contributed by atoms with Crippen LogP contribution in [0.15, 0.2) is 24.3 Å². The quantitative estimate of drug-likeness (QED) is 0.863. The molecule has 1 aliphatic carbocycles. The van der Waals surface area contributed by atoms with Crippen LogP contribution in [0.2, 0.25) is 0 Å². The van der Waals surface area contributed by atoms with E-state index in [1.54, 1.807) is 24.3 Å². The van der Waals surface area contributed by atoms with Crippen molar-refractivity contribution in [1.82, 2.24) is 5.32 Å². The Balaban J connectivity index is 2.00. The molecule has 20 heavy (non-hydrogen) atoms. The molecule has 1 aromatic rings. The molecule has 1 aromatic carbocycles. The molecule has 108 valence electrons. The minimum atomic E-state index is -0.391. The van der Waals surface area contributed by atoms with E-state index in [0.717, 1.165) is 6.42 Å². The number of benzene rings is 1. The fourth-order valence-corrected chi connectivity index (χ4v) is 2.66. The highest BCUT2D eigenvalue weighted by atomic mass is 16.5. The van der Waals surface area contributed by atoms with E-state index in [1.807, 2.05) is 0 Å². The first kappa shape index (κ1) is 14.6. The molecule has 0 unspecified atom stereocenters. The topological polar surface area (TPSA) is 55.4 Å². The lowest BCUT2D eigenvalue weighted by molar-refractivity contribution is 0.0600. The molecule has 0 heterocycles. The molecule has 1 N–H and O–H groups in total. The summed E-state index contributed by atoms with van der Waals surface area (Å²) in [4.78, 5) is 23.5. The van der Waals surface area contributed by atoms with Crippen molar-refractivity contribution in [2.24, 2.45) is 5.92 Å². The van der Waals surface area contributed by atoms with Gasteiger partial charge in [0.25, 0.3) is 5.91 Å². The molecular weight excluding hydrogens is 254 g/mol. The maximum Gasteiger partial charge on any atom is 0.337 e. The van der Waals surface area contributed by atoms with Gasteiger partial charge in [0.05, 0.1) is 12.7 Å². The van der Waals surface area contributed by atoms with Crippen molar-refractivity contribution in [2.75, 3.05) is 7.11 Å². The Labute approximate surface area is 119 Å². The van der Waals surface area contributed by atoms with E-state index < -0.39 is 5.97 Å². The molecule has 0 aliphatic heterocycles. The van der Waals surface area contributed by atoms with Crippen molar-refractivity contribution < 1.29 is 14.3 Å². The molecule has 1 amide bonds. The van der Waals surface area contributed by atoms with Crippen molar-refractivity contribution in [3.63, 3.8) is 0 Å². The Morgan fingerprint density at radius 1 is 1.10 bits per heavy atom. The van der Waals surface area contributed by atoms with Crippen LogP contribution < -0.4 is 5.32 Å². The number of carbonyl (C=O) groups excluding carboxylic acids is 2. The smallest absolute Gasteiger partial charge is 0.337 e. The Morgan fingerprint density at radius 2 is 1.70 bits per heavy atom. The molecule has 0 spiro atoms. The van der Waals surface area contributed by atoms with Gasteiger partial charge in [-0.2, -0.15) is 0 Å². The van der Waals surface area contributed by atoms with E-state index in [4.69, 9.17) is 0 Å². The van der Waals surface area contributed by atoms with Crippen LogP contribution in [0.25, 0.3) is 0 Å². The number of hydrogen-bond donors (Lipinski definition) is 1. The Hall–Kier alpha value is -1.84. The van der Waals surface area contributed by atoms with E-state index in [0.29, 0.717) is 17.0 Å². The fourth-order valence-electron chi connectivity index (χ4n) is 2.66. The Bertz CT molecular complexity index is 481. The third-order valence-corrected chi connectivity index (χ3v) is 4.00. The van der Waals surface area contributed by atoms with Crippen molar-refractivity contribution >= 4 is 11.9 Å². The maximum atomic E-state index is 12.2. The second kappa shape index (κ2) is 6.55. The lowest BCUT2D eigenvalue weighted by Gasteiger charge is -2.29. The first-order valence-corrected chi connectivity index (χ1v) is 7.11. The van der Waals surface area contributed by atoms with E-state index in [9.17, 15) is 9.59 Å². The van der Waals surface area contributed by atoms with E-state index in [-0.39, 0.29) is 11.9 Å². The summed E-state index contributed by atoms with van der Waals surface area (Å²) >= 11 is 0. The lowest BCUT2D eigenvalue weighted by atomic mass is 9.86.